The zero-order valence-electron chi connectivity index (χ0n) is 17.3. The number of anilines is 1. The molecular weight excluding hydrogens is 382 g/mol. The molecule has 0 radical (unpaired) electrons. The van der Waals surface area contributed by atoms with Crippen LogP contribution in [0.1, 0.15) is 33.3 Å². The number of carbonyl (C=O) groups is 2. The van der Waals surface area contributed by atoms with E-state index in [1.807, 2.05) is 33.8 Å². The Bertz CT molecular complexity index is 710. The molecule has 0 spiro atoms. The first kappa shape index (κ1) is 22.1. The number of methoxy groups -OCH3 is 1. The number of nitrogens with one attached hydrogen (secondary N) is 1. The SMILES string of the molecule is CCc1cc(NCC(=O)N2CCN(C(=O)OC(C)(C)C)CC2)c(OC)cc1Cl. The van der Waals surface area contributed by atoms with Gasteiger partial charge < -0.3 is 24.6 Å². The molecule has 0 bridgehead atoms. The van der Waals surface area contributed by atoms with Gasteiger partial charge in [-0.1, -0.05) is 18.5 Å². The van der Waals surface area contributed by atoms with Gasteiger partial charge >= 0.3 is 6.09 Å². The van der Waals surface area contributed by atoms with E-state index in [9.17, 15) is 9.59 Å². The fraction of sp³-hybridized carbons (Fsp3) is 0.600. The summed E-state index contributed by atoms with van der Waals surface area (Å²) in [6, 6.07) is 3.67. The van der Waals surface area contributed by atoms with E-state index < -0.39 is 5.60 Å². The lowest BCUT2D eigenvalue weighted by Crippen LogP contribution is -2.52. The number of aryl methyl sites for hydroxylation is 1. The molecule has 1 aliphatic heterocycles. The zero-order chi connectivity index (χ0) is 20.9. The number of halogens is 1. The minimum absolute atomic E-state index is 0.0288. The third-order valence-corrected chi connectivity index (χ3v) is 4.82. The minimum Gasteiger partial charge on any atom is -0.495 e. The van der Waals surface area contributed by atoms with Crippen LogP contribution >= 0.6 is 11.6 Å². The molecule has 156 valence electrons. The van der Waals surface area contributed by atoms with Gasteiger partial charge in [0.1, 0.15) is 11.4 Å². The van der Waals surface area contributed by atoms with Gasteiger partial charge in [0.25, 0.3) is 0 Å². The first-order valence-electron chi connectivity index (χ1n) is 9.50. The Morgan fingerprint density at radius 2 is 1.75 bits per heavy atom. The number of rotatable bonds is 5. The molecule has 1 saturated heterocycles. The Morgan fingerprint density at radius 3 is 2.29 bits per heavy atom. The van der Waals surface area contributed by atoms with Crippen LogP contribution in [0.2, 0.25) is 5.02 Å². The second kappa shape index (κ2) is 9.37. The van der Waals surface area contributed by atoms with E-state index in [0.29, 0.717) is 37.0 Å². The molecule has 0 aliphatic carbocycles. The molecule has 1 aliphatic rings. The monoisotopic (exact) mass is 411 g/mol. The molecule has 1 aromatic rings. The first-order valence-corrected chi connectivity index (χ1v) is 9.88. The third kappa shape index (κ3) is 5.92. The fourth-order valence-corrected chi connectivity index (χ4v) is 3.21. The molecular formula is C20H30ClN3O4. The molecule has 0 atom stereocenters. The summed E-state index contributed by atoms with van der Waals surface area (Å²) < 4.78 is 10.7. The van der Waals surface area contributed by atoms with Gasteiger partial charge in [-0.25, -0.2) is 4.79 Å². The van der Waals surface area contributed by atoms with Crippen molar-refractivity contribution in [3.05, 3.63) is 22.7 Å². The van der Waals surface area contributed by atoms with Crippen molar-refractivity contribution in [2.24, 2.45) is 0 Å². The van der Waals surface area contributed by atoms with E-state index in [1.54, 1.807) is 23.0 Å². The predicted octanol–water partition coefficient (Wildman–Crippen LogP) is 3.40. The highest BCUT2D eigenvalue weighted by Crippen LogP contribution is 2.31. The normalized spacial score (nSPS) is 14.6. The molecule has 8 heteroatoms. The lowest BCUT2D eigenvalue weighted by Gasteiger charge is -2.35. The Labute approximate surface area is 171 Å². The van der Waals surface area contributed by atoms with Gasteiger partial charge in [0.05, 0.1) is 19.3 Å². The topological polar surface area (TPSA) is 71.1 Å². The van der Waals surface area contributed by atoms with Gasteiger partial charge in [-0.05, 0) is 38.8 Å². The maximum Gasteiger partial charge on any atom is 0.410 e. The van der Waals surface area contributed by atoms with Crippen molar-refractivity contribution in [1.82, 2.24) is 9.80 Å². The van der Waals surface area contributed by atoms with E-state index >= 15 is 0 Å². The van der Waals surface area contributed by atoms with Crippen LogP contribution in [0, 0.1) is 0 Å². The van der Waals surface area contributed by atoms with Crippen molar-refractivity contribution in [1.29, 1.82) is 0 Å². The molecule has 0 saturated carbocycles. The second-order valence-corrected chi connectivity index (χ2v) is 8.11. The minimum atomic E-state index is -0.525. The highest BCUT2D eigenvalue weighted by Gasteiger charge is 2.27. The van der Waals surface area contributed by atoms with Crippen molar-refractivity contribution >= 4 is 29.3 Å². The quantitative estimate of drug-likeness (QED) is 0.804. The maximum atomic E-state index is 12.6. The lowest BCUT2D eigenvalue weighted by atomic mass is 10.1. The summed E-state index contributed by atoms with van der Waals surface area (Å²) in [7, 11) is 1.57. The summed E-state index contributed by atoms with van der Waals surface area (Å²) in [5, 5.41) is 3.80. The van der Waals surface area contributed by atoms with Crippen LogP contribution in [0.4, 0.5) is 10.5 Å². The largest absolute Gasteiger partial charge is 0.495 e. The number of benzene rings is 1. The summed E-state index contributed by atoms with van der Waals surface area (Å²) >= 11 is 6.22. The predicted molar refractivity (Wildman–Crippen MR) is 110 cm³/mol. The summed E-state index contributed by atoms with van der Waals surface area (Å²) in [5.74, 6) is 0.573. The standard InChI is InChI=1S/C20H30ClN3O4/c1-6-14-11-16(17(27-5)12-15(14)21)22-13-18(25)23-7-9-24(10-8-23)19(26)28-20(2,3)4/h11-12,22H,6-10,13H2,1-5H3. The lowest BCUT2D eigenvalue weighted by molar-refractivity contribution is -0.131. The van der Waals surface area contributed by atoms with Crippen molar-refractivity contribution < 1.29 is 19.1 Å². The van der Waals surface area contributed by atoms with Crippen molar-refractivity contribution in [2.45, 2.75) is 39.7 Å². The van der Waals surface area contributed by atoms with Crippen molar-refractivity contribution in [3.63, 3.8) is 0 Å². The van der Waals surface area contributed by atoms with Gasteiger partial charge in [-0.15, -0.1) is 0 Å². The van der Waals surface area contributed by atoms with E-state index in [0.717, 1.165) is 17.7 Å². The van der Waals surface area contributed by atoms with Crippen molar-refractivity contribution in [3.8, 4) is 5.75 Å². The van der Waals surface area contributed by atoms with Gasteiger partial charge in [-0.2, -0.15) is 0 Å². The van der Waals surface area contributed by atoms with Gasteiger partial charge in [0.15, 0.2) is 0 Å². The van der Waals surface area contributed by atoms with Crippen LogP contribution < -0.4 is 10.1 Å². The first-order chi connectivity index (χ1) is 13.1. The smallest absolute Gasteiger partial charge is 0.410 e. The average Bonchev–Trinajstić information content (AvgIpc) is 2.65. The molecule has 1 aromatic carbocycles. The Kier molecular flexibility index (Phi) is 7.41. The van der Waals surface area contributed by atoms with Crippen molar-refractivity contribution in [2.75, 3.05) is 45.2 Å². The van der Waals surface area contributed by atoms with E-state index in [1.165, 1.54) is 0 Å². The fourth-order valence-electron chi connectivity index (χ4n) is 2.93. The molecule has 1 N–H and O–H groups in total. The second-order valence-electron chi connectivity index (χ2n) is 7.70. The van der Waals surface area contributed by atoms with Crippen LogP contribution in [0.25, 0.3) is 0 Å². The molecule has 7 nitrogen and oxygen atoms in total. The highest BCUT2D eigenvalue weighted by atomic mass is 35.5. The Balaban J connectivity index is 1.89. The molecule has 1 fully saturated rings. The number of amides is 2. The Hall–Kier alpha value is -2.15. The van der Waals surface area contributed by atoms with Crippen LogP contribution in [-0.4, -0.2) is 67.2 Å². The molecule has 2 amide bonds. The van der Waals surface area contributed by atoms with E-state index in [2.05, 4.69) is 5.32 Å². The highest BCUT2D eigenvalue weighted by molar-refractivity contribution is 6.31. The molecule has 0 unspecified atom stereocenters. The maximum absolute atomic E-state index is 12.6. The van der Waals surface area contributed by atoms with Gasteiger partial charge in [0.2, 0.25) is 5.91 Å². The number of nitrogens with zero attached hydrogens (tertiary/aromatic N) is 2. The van der Waals surface area contributed by atoms with E-state index in [-0.39, 0.29) is 18.5 Å². The number of hydrogen-bond donors (Lipinski definition) is 1. The van der Waals surface area contributed by atoms with Gasteiger partial charge in [-0.3, -0.25) is 4.79 Å². The van der Waals surface area contributed by atoms with Crippen LogP contribution in [0.5, 0.6) is 5.75 Å². The van der Waals surface area contributed by atoms with Crippen LogP contribution in [0.15, 0.2) is 12.1 Å². The third-order valence-electron chi connectivity index (χ3n) is 4.46. The zero-order valence-corrected chi connectivity index (χ0v) is 18.1. The summed E-state index contributed by atoms with van der Waals surface area (Å²) in [5.41, 5.74) is 1.20. The van der Waals surface area contributed by atoms with E-state index in [4.69, 9.17) is 21.1 Å². The number of carbonyl (C=O) groups excluding carboxylic acids is 2. The van der Waals surface area contributed by atoms with Gasteiger partial charge in [0, 0.05) is 37.3 Å². The molecule has 2 rings (SSSR count). The van der Waals surface area contributed by atoms with Crippen LogP contribution in [0.3, 0.4) is 0 Å². The Morgan fingerprint density at radius 1 is 1.14 bits per heavy atom. The number of piperazine rings is 1. The summed E-state index contributed by atoms with van der Waals surface area (Å²) in [4.78, 5) is 28.1. The molecule has 1 heterocycles. The number of hydrogen-bond acceptors (Lipinski definition) is 5. The number of ether oxygens (including phenoxy) is 2. The van der Waals surface area contributed by atoms with Crippen LogP contribution in [-0.2, 0) is 16.0 Å². The molecule has 28 heavy (non-hydrogen) atoms. The molecule has 0 aromatic heterocycles. The summed E-state index contributed by atoms with van der Waals surface area (Å²) in [6.45, 7) is 9.58. The summed E-state index contributed by atoms with van der Waals surface area (Å²) in [6.07, 6.45) is 0.452. The average molecular weight is 412 g/mol.